The summed E-state index contributed by atoms with van der Waals surface area (Å²) >= 11 is 0. The Labute approximate surface area is 116 Å². The fourth-order valence-corrected chi connectivity index (χ4v) is 2.11. The molecule has 0 unspecified atom stereocenters. The normalized spacial score (nSPS) is 12.3. The third-order valence-electron chi connectivity index (χ3n) is 3.13. The van der Waals surface area contributed by atoms with Crippen molar-refractivity contribution in [1.29, 1.82) is 0 Å². The Morgan fingerprint density at radius 2 is 1.63 bits per heavy atom. The van der Waals surface area contributed by atoms with E-state index < -0.39 is 0 Å². The highest BCUT2D eigenvalue weighted by Gasteiger charge is 2.20. The smallest absolute Gasteiger partial charge is 0.234 e. The highest BCUT2D eigenvalue weighted by molar-refractivity contribution is 5.78. The van der Waals surface area contributed by atoms with Crippen LogP contribution >= 0.6 is 0 Å². The standard InChI is InChI=1S/C16H26N2O/c1-15(2,3)13-8-6-12(7-9-13)10-16(4,5)18-14(19)11-17/h6-9H,10-11,17H2,1-5H3,(H,18,19). The summed E-state index contributed by atoms with van der Waals surface area (Å²) in [5, 5.41) is 2.94. The van der Waals surface area contributed by atoms with Gasteiger partial charge >= 0.3 is 0 Å². The van der Waals surface area contributed by atoms with Crippen LogP contribution < -0.4 is 11.1 Å². The lowest BCUT2D eigenvalue weighted by Crippen LogP contribution is -2.47. The molecule has 0 radical (unpaired) electrons. The fraction of sp³-hybridized carbons (Fsp3) is 0.562. The summed E-state index contributed by atoms with van der Waals surface area (Å²) in [7, 11) is 0. The van der Waals surface area contributed by atoms with Crippen LogP contribution in [0.25, 0.3) is 0 Å². The van der Waals surface area contributed by atoms with Gasteiger partial charge in [0.15, 0.2) is 0 Å². The van der Waals surface area contributed by atoms with Crippen LogP contribution in [-0.2, 0) is 16.6 Å². The Morgan fingerprint density at radius 3 is 2.05 bits per heavy atom. The van der Waals surface area contributed by atoms with Crippen molar-refractivity contribution in [2.24, 2.45) is 5.73 Å². The van der Waals surface area contributed by atoms with Gasteiger partial charge in [0.05, 0.1) is 6.54 Å². The predicted octanol–water partition coefficient (Wildman–Crippen LogP) is 2.38. The van der Waals surface area contributed by atoms with Gasteiger partial charge in [0.1, 0.15) is 0 Å². The van der Waals surface area contributed by atoms with Gasteiger partial charge in [0, 0.05) is 5.54 Å². The molecule has 1 aromatic rings. The van der Waals surface area contributed by atoms with Gasteiger partial charge in [-0.05, 0) is 36.8 Å². The molecule has 0 saturated heterocycles. The molecule has 0 heterocycles. The van der Waals surface area contributed by atoms with E-state index in [0.717, 1.165) is 6.42 Å². The highest BCUT2D eigenvalue weighted by atomic mass is 16.1. The van der Waals surface area contributed by atoms with E-state index in [1.807, 2.05) is 13.8 Å². The lowest BCUT2D eigenvalue weighted by Gasteiger charge is -2.27. The number of hydrogen-bond acceptors (Lipinski definition) is 2. The molecule has 0 fully saturated rings. The van der Waals surface area contributed by atoms with Gasteiger partial charge < -0.3 is 11.1 Å². The van der Waals surface area contributed by atoms with Crippen LogP contribution in [0.4, 0.5) is 0 Å². The largest absolute Gasteiger partial charge is 0.350 e. The molecule has 0 aliphatic carbocycles. The van der Waals surface area contributed by atoms with Crippen molar-refractivity contribution in [2.75, 3.05) is 6.54 Å². The summed E-state index contributed by atoms with van der Waals surface area (Å²) in [6.45, 7) is 10.7. The minimum Gasteiger partial charge on any atom is -0.350 e. The highest BCUT2D eigenvalue weighted by Crippen LogP contribution is 2.23. The summed E-state index contributed by atoms with van der Waals surface area (Å²) in [5.74, 6) is -0.115. The predicted molar refractivity (Wildman–Crippen MR) is 80.1 cm³/mol. The van der Waals surface area contributed by atoms with Crippen LogP contribution in [0, 0.1) is 0 Å². The molecule has 3 N–H and O–H groups in total. The van der Waals surface area contributed by atoms with Crippen molar-refractivity contribution >= 4 is 5.91 Å². The zero-order valence-electron chi connectivity index (χ0n) is 12.7. The van der Waals surface area contributed by atoms with E-state index in [9.17, 15) is 4.79 Å². The number of carbonyl (C=O) groups excluding carboxylic acids is 1. The second-order valence-electron chi connectivity index (χ2n) is 6.76. The lowest BCUT2D eigenvalue weighted by molar-refractivity contribution is -0.121. The molecular formula is C16H26N2O. The first kappa shape index (κ1) is 15.7. The number of rotatable bonds is 4. The van der Waals surface area contributed by atoms with Crippen LogP contribution in [-0.4, -0.2) is 18.0 Å². The van der Waals surface area contributed by atoms with Crippen LogP contribution in [0.15, 0.2) is 24.3 Å². The number of nitrogens with two attached hydrogens (primary N) is 1. The van der Waals surface area contributed by atoms with Gasteiger partial charge in [-0.15, -0.1) is 0 Å². The Balaban J connectivity index is 2.75. The van der Waals surface area contributed by atoms with E-state index in [0.29, 0.717) is 0 Å². The van der Waals surface area contributed by atoms with Crippen LogP contribution in [0.5, 0.6) is 0 Å². The summed E-state index contributed by atoms with van der Waals surface area (Å²) in [6.07, 6.45) is 0.795. The minimum absolute atomic E-state index is 0.0341. The molecule has 0 saturated carbocycles. The summed E-state index contributed by atoms with van der Waals surface area (Å²) in [5.41, 5.74) is 7.76. The van der Waals surface area contributed by atoms with Gasteiger partial charge in [0.2, 0.25) is 5.91 Å². The number of nitrogens with one attached hydrogen (secondary N) is 1. The van der Waals surface area contributed by atoms with Gasteiger partial charge in [-0.2, -0.15) is 0 Å². The summed E-state index contributed by atoms with van der Waals surface area (Å²) < 4.78 is 0. The maximum absolute atomic E-state index is 11.4. The number of hydrogen-bond donors (Lipinski definition) is 2. The average molecular weight is 262 g/mol. The number of amides is 1. The molecule has 3 heteroatoms. The molecule has 3 nitrogen and oxygen atoms in total. The van der Waals surface area contributed by atoms with Crippen molar-refractivity contribution in [2.45, 2.75) is 52.0 Å². The molecule has 1 amide bonds. The van der Waals surface area contributed by atoms with Crippen molar-refractivity contribution in [3.8, 4) is 0 Å². The first-order valence-corrected chi connectivity index (χ1v) is 6.74. The molecular weight excluding hydrogens is 236 g/mol. The molecule has 0 atom stereocenters. The van der Waals surface area contributed by atoms with E-state index in [1.54, 1.807) is 0 Å². The van der Waals surface area contributed by atoms with Crippen molar-refractivity contribution in [1.82, 2.24) is 5.32 Å². The first-order valence-electron chi connectivity index (χ1n) is 6.74. The zero-order chi connectivity index (χ0) is 14.7. The van der Waals surface area contributed by atoms with Gasteiger partial charge in [-0.25, -0.2) is 0 Å². The summed E-state index contributed by atoms with van der Waals surface area (Å²) in [4.78, 5) is 11.4. The topological polar surface area (TPSA) is 55.1 Å². The van der Waals surface area contributed by atoms with Crippen LogP contribution in [0.1, 0.15) is 45.7 Å². The molecule has 0 spiro atoms. The Hall–Kier alpha value is -1.35. The monoisotopic (exact) mass is 262 g/mol. The van der Waals surface area contributed by atoms with E-state index in [2.05, 4.69) is 50.4 Å². The molecule has 1 aromatic carbocycles. The Morgan fingerprint density at radius 1 is 1.11 bits per heavy atom. The molecule has 0 aliphatic rings. The van der Waals surface area contributed by atoms with Crippen molar-refractivity contribution in [3.63, 3.8) is 0 Å². The third-order valence-corrected chi connectivity index (χ3v) is 3.13. The Kier molecular flexibility index (Phi) is 4.75. The molecule has 1 rings (SSSR count). The second kappa shape index (κ2) is 5.74. The fourth-order valence-electron chi connectivity index (χ4n) is 2.11. The van der Waals surface area contributed by atoms with Crippen LogP contribution in [0.3, 0.4) is 0 Å². The van der Waals surface area contributed by atoms with Crippen molar-refractivity contribution in [3.05, 3.63) is 35.4 Å². The SMILES string of the molecule is CC(C)(Cc1ccc(C(C)(C)C)cc1)NC(=O)CN. The maximum Gasteiger partial charge on any atom is 0.234 e. The molecule has 0 aliphatic heterocycles. The number of benzene rings is 1. The van der Waals surface area contributed by atoms with Crippen molar-refractivity contribution < 1.29 is 4.79 Å². The number of carbonyl (C=O) groups is 1. The minimum atomic E-state index is -0.278. The molecule has 106 valence electrons. The lowest BCUT2D eigenvalue weighted by atomic mass is 9.85. The van der Waals surface area contributed by atoms with E-state index in [-0.39, 0.29) is 23.4 Å². The van der Waals surface area contributed by atoms with E-state index in [1.165, 1.54) is 11.1 Å². The molecule has 0 bridgehead atoms. The van der Waals surface area contributed by atoms with Gasteiger partial charge in [-0.3, -0.25) is 4.79 Å². The average Bonchev–Trinajstić information content (AvgIpc) is 2.27. The molecule has 0 aromatic heterocycles. The second-order valence-corrected chi connectivity index (χ2v) is 6.76. The quantitative estimate of drug-likeness (QED) is 0.875. The maximum atomic E-state index is 11.4. The first-order chi connectivity index (χ1) is 8.64. The third kappa shape index (κ3) is 5.03. The van der Waals surface area contributed by atoms with Crippen LogP contribution in [0.2, 0.25) is 0 Å². The van der Waals surface area contributed by atoms with Gasteiger partial charge in [-0.1, -0.05) is 45.0 Å². The van der Waals surface area contributed by atoms with Gasteiger partial charge in [0.25, 0.3) is 0 Å². The molecule has 19 heavy (non-hydrogen) atoms. The Bertz CT molecular complexity index is 427. The summed E-state index contributed by atoms with van der Waals surface area (Å²) in [6, 6.07) is 8.60. The van der Waals surface area contributed by atoms with E-state index in [4.69, 9.17) is 5.73 Å². The van der Waals surface area contributed by atoms with E-state index >= 15 is 0 Å². The zero-order valence-corrected chi connectivity index (χ0v) is 12.7.